The molecule has 2 rings (SSSR count). The van der Waals surface area contributed by atoms with Gasteiger partial charge in [0, 0.05) is 11.3 Å². The summed E-state index contributed by atoms with van der Waals surface area (Å²) in [6.07, 6.45) is 0. The number of nitrogens with one attached hydrogen (secondary N) is 2. The van der Waals surface area contributed by atoms with E-state index in [0.717, 1.165) is 12.1 Å². The Morgan fingerprint density at radius 1 is 1.13 bits per heavy atom. The third-order valence-corrected chi connectivity index (χ3v) is 4.43. The number of amides is 1. The molecule has 0 aliphatic heterocycles. The fourth-order valence-corrected chi connectivity index (χ4v) is 2.98. The highest BCUT2D eigenvalue weighted by Gasteiger charge is 2.18. The standard InChI is InChI=1S/C15H15FN2O4S/c1-10-3-8-13(9-14(10)15(19)17-22-2)23(20,21)18-12-6-4-11(16)5-7-12/h3-9,18H,1-2H3,(H,17,19). The molecule has 1 amide bonds. The summed E-state index contributed by atoms with van der Waals surface area (Å²) in [5.74, 6) is -1.02. The van der Waals surface area contributed by atoms with E-state index in [-0.39, 0.29) is 16.1 Å². The molecule has 0 spiro atoms. The highest BCUT2D eigenvalue weighted by molar-refractivity contribution is 7.92. The van der Waals surface area contributed by atoms with Crippen LogP contribution in [0.1, 0.15) is 15.9 Å². The van der Waals surface area contributed by atoms with Crippen molar-refractivity contribution in [2.45, 2.75) is 11.8 Å². The van der Waals surface area contributed by atoms with E-state index in [4.69, 9.17) is 0 Å². The maximum absolute atomic E-state index is 12.9. The second-order valence-corrected chi connectivity index (χ2v) is 6.41. The highest BCUT2D eigenvalue weighted by Crippen LogP contribution is 2.19. The lowest BCUT2D eigenvalue weighted by molar-refractivity contribution is 0.0537. The van der Waals surface area contributed by atoms with Crippen molar-refractivity contribution < 1.29 is 22.4 Å². The molecular formula is C15H15FN2O4S. The molecule has 122 valence electrons. The van der Waals surface area contributed by atoms with Crippen LogP contribution in [-0.2, 0) is 14.9 Å². The van der Waals surface area contributed by atoms with Gasteiger partial charge in [0.05, 0.1) is 12.0 Å². The Morgan fingerprint density at radius 2 is 1.78 bits per heavy atom. The van der Waals surface area contributed by atoms with Crippen molar-refractivity contribution in [2.24, 2.45) is 0 Å². The molecule has 0 aromatic heterocycles. The van der Waals surface area contributed by atoms with Crippen molar-refractivity contribution in [3.8, 4) is 0 Å². The normalized spacial score (nSPS) is 11.1. The third-order valence-electron chi connectivity index (χ3n) is 3.06. The Hall–Kier alpha value is -2.45. The molecule has 0 heterocycles. The molecule has 8 heteroatoms. The number of anilines is 1. The van der Waals surface area contributed by atoms with Gasteiger partial charge in [-0.1, -0.05) is 6.07 Å². The SMILES string of the molecule is CONC(=O)c1cc(S(=O)(=O)Nc2ccc(F)cc2)ccc1C. The molecular weight excluding hydrogens is 323 g/mol. The minimum atomic E-state index is -3.91. The van der Waals surface area contributed by atoms with Crippen LogP contribution in [0.4, 0.5) is 10.1 Å². The van der Waals surface area contributed by atoms with Gasteiger partial charge in [-0.05, 0) is 48.9 Å². The lowest BCUT2D eigenvalue weighted by Gasteiger charge is -2.11. The number of hydrogen-bond donors (Lipinski definition) is 2. The summed E-state index contributed by atoms with van der Waals surface area (Å²) < 4.78 is 39.9. The van der Waals surface area contributed by atoms with Crippen LogP contribution in [0, 0.1) is 12.7 Å². The Balaban J connectivity index is 2.34. The van der Waals surface area contributed by atoms with E-state index in [2.05, 4.69) is 15.0 Å². The summed E-state index contributed by atoms with van der Waals surface area (Å²) in [5, 5.41) is 0. The van der Waals surface area contributed by atoms with E-state index in [0.29, 0.717) is 5.56 Å². The molecule has 23 heavy (non-hydrogen) atoms. The average molecular weight is 338 g/mol. The molecule has 0 aliphatic rings. The number of carbonyl (C=O) groups is 1. The quantitative estimate of drug-likeness (QED) is 0.819. The van der Waals surface area contributed by atoms with Crippen LogP contribution in [0.15, 0.2) is 47.4 Å². The topological polar surface area (TPSA) is 84.5 Å². The molecule has 2 aromatic rings. The largest absolute Gasteiger partial charge is 0.280 e. The molecule has 0 atom stereocenters. The van der Waals surface area contributed by atoms with Crippen molar-refractivity contribution in [3.63, 3.8) is 0 Å². The van der Waals surface area contributed by atoms with Gasteiger partial charge in [0.1, 0.15) is 5.82 Å². The summed E-state index contributed by atoms with van der Waals surface area (Å²) in [6.45, 7) is 1.67. The maximum Gasteiger partial charge on any atom is 0.275 e. The second kappa shape index (κ2) is 6.76. The molecule has 2 aromatic carbocycles. The van der Waals surface area contributed by atoms with Crippen LogP contribution >= 0.6 is 0 Å². The fourth-order valence-electron chi connectivity index (χ4n) is 1.89. The molecule has 2 N–H and O–H groups in total. The first-order chi connectivity index (χ1) is 10.8. The van der Waals surface area contributed by atoms with E-state index in [1.807, 2.05) is 0 Å². The first-order valence-corrected chi connectivity index (χ1v) is 8.04. The van der Waals surface area contributed by atoms with Crippen LogP contribution in [-0.4, -0.2) is 21.4 Å². The third kappa shape index (κ3) is 4.05. The van der Waals surface area contributed by atoms with Crippen LogP contribution in [0.3, 0.4) is 0 Å². The number of sulfonamides is 1. The van der Waals surface area contributed by atoms with Crippen LogP contribution in [0.5, 0.6) is 0 Å². The van der Waals surface area contributed by atoms with Gasteiger partial charge in [-0.3, -0.25) is 14.4 Å². The van der Waals surface area contributed by atoms with Gasteiger partial charge in [0.25, 0.3) is 15.9 Å². The molecule has 0 aliphatic carbocycles. The van der Waals surface area contributed by atoms with Gasteiger partial charge in [-0.15, -0.1) is 0 Å². The molecule has 0 unspecified atom stereocenters. The first kappa shape index (κ1) is 16.9. The molecule has 0 saturated heterocycles. The molecule has 0 radical (unpaired) electrons. The minimum Gasteiger partial charge on any atom is -0.280 e. The van der Waals surface area contributed by atoms with Gasteiger partial charge in [-0.25, -0.2) is 18.3 Å². The summed E-state index contributed by atoms with van der Waals surface area (Å²) in [7, 11) is -2.63. The number of carbonyl (C=O) groups excluding carboxylic acids is 1. The van der Waals surface area contributed by atoms with E-state index in [9.17, 15) is 17.6 Å². The zero-order chi connectivity index (χ0) is 17.0. The smallest absolute Gasteiger partial charge is 0.275 e. The molecule has 0 saturated carbocycles. The van der Waals surface area contributed by atoms with Crippen molar-refractivity contribution in [3.05, 3.63) is 59.4 Å². The minimum absolute atomic E-state index is 0.0892. The van der Waals surface area contributed by atoms with Crippen LogP contribution in [0.25, 0.3) is 0 Å². The molecule has 6 nitrogen and oxygen atoms in total. The summed E-state index contributed by atoms with van der Waals surface area (Å²) in [6, 6.07) is 9.04. The van der Waals surface area contributed by atoms with Gasteiger partial charge in [-0.2, -0.15) is 0 Å². The predicted octanol–water partition coefficient (Wildman–Crippen LogP) is 2.23. The summed E-state index contributed by atoms with van der Waals surface area (Å²) in [4.78, 5) is 16.3. The van der Waals surface area contributed by atoms with E-state index in [1.54, 1.807) is 6.92 Å². The zero-order valence-electron chi connectivity index (χ0n) is 12.5. The fraction of sp³-hybridized carbons (Fsp3) is 0.133. The first-order valence-electron chi connectivity index (χ1n) is 6.56. The zero-order valence-corrected chi connectivity index (χ0v) is 13.3. The second-order valence-electron chi connectivity index (χ2n) is 4.72. The summed E-state index contributed by atoms with van der Waals surface area (Å²) >= 11 is 0. The average Bonchev–Trinajstić information content (AvgIpc) is 2.50. The number of halogens is 1. The number of hydrogen-bond acceptors (Lipinski definition) is 4. The van der Waals surface area contributed by atoms with E-state index in [1.165, 1.54) is 37.4 Å². The number of aryl methyl sites for hydroxylation is 1. The molecule has 0 bridgehead atoms. The van der Waals surface area contributed by atoms with Gasteiger partial charge in [0.2, 0.25) is 0 Å². The van der Waals surface area contributed by atoms with Crippen molar-refractivity contribution in [2.75, 3.05) is 11.8 Å². The Kier molecular flexibility index (Phi) is 4.97. The van der Waals surface area contributed by atoms with Crippen LogP contribution < -0.4 is 10.2 Å². The molecule has 0 fully saturated rings. The van der Waals surface area contributed by atoms with Gasteiger partial charge >= 0.3 is 0 Å². The monoisotopic (exact) mass is 338 g/mol. The van der Waals surface area contributed by atoms with Crippen LogP contribution in [0.2, 0.25) is 0 Å². The number of benzene rings is 2. The summed E-state index contributed by atoms with van der Waals surface area (Å²) in [5.41, 5.74) is 3.13. The highest BCUT2D eigenvalue weighted by atomic mass is 32.2. The van der Waals surface area contributed by atoms with Crippen molar-refractivity contribution in [1.29, 1.82) is 0 Å². The Bertz CT molecular complexity index is 820. The number of hydroxylamine groups is 1. The Morgan fingerprint density at radius 3 is 2.39 bits per heavy atom. The van der Waals surface area contributed by atoms with Crippen molar-refractivity contribution >= 4 is 21.6 Å². The lowest BCUT2D eigenvalue weighted by atomic mass is 10.1. The van der Waals surface area contributed by atoms with E-state index >= 15 is 0 Å². The van der Waals surface area contributed by atoms with Gasteiger partial charge in [0.15, 0.2) is 0 Å². The van der Waals surface area contributed by atoms with Gasteiger partial charge < -0.3 is 0 Å². The predicted molar refractivity (Wildman–Crippen MR) is 82.9 cm³/mol. The lowest BCUT2D eigenvalue weighted by Crippen LogP contribution is -2.23. The van der Waals surface area contributed by atoms with E-state index < -0.39 is 21.7 Å². The Labute approximate surface area is 133 Å². The number of rotatable bonds is 5. The maximum atomic E-state index is 12.9. The van der Waals surface area contributed by atoms with Crippen molar-refractivity contribution in [1.82, 2.24) is 5.48 Å².